The SMILES string of the molecule is CC(C)Cn1cnc(-c2ccccc2)c1. The molecule has 2 nitrogen and oxygen atoms in total. The fourth-order valence-corrected chi connectivity index (χ4v) is 1.64. The molecule has 0 spiro atoms. The van der Waals surface area contributed by atoms with Gasteiger partial charge >= 0.3 is 0 Å². The number of rotatable bonds is 3. The minimum Gasteiger partial charge on any atom is -0.337 e. The summed E-state index contributed by atoms with van der Waals surface area (Å²) in [5, 5.41) is 0. The van der Waals surface area contributed by atoms with Crippen molar-refractivity contribution in [3.63, 3.8) is 0 Å². The van der Waals surface area contributed by atoms with Crippen LogP contribution in [0.3, 0.4) is 0 Å². The van der Waals surface area contributed by atoms with Crippen molar-refractivity contribution in [3.8, 4) is 11.3 Å². The molecule has 1 aromatic heterocycles. The molecule has 2 heteroatoms. The first-order valence-electron chi connectivity index (χ1n) is 5.33. The van der Waals surface area contributed by atoms with E-state index in [1.807, 2.05) is 24.5 Å². The summed E-state index contributed by atoms with van der Waals surface area (Å²) in [6.07, 6.45) is 4.01. The van der Waals surface area contributed by atoms with Gasteiger partial charge in [-0.15, -0.1) is 0 Å². The molecule has 0 aliphatic heterocycles. The summed E-state index contributed by atoms with van der Waals surface area (Å²) in [5.74, 6) is 0.655. The zero-order valence-electron chi connectivity index (χ0n) is 9.22. The van der Waals surface area contributed by atoms with Gasteiger partial charge in [0, 0.05) is 18.3 Å². The Morgan fingerprint density at radius 3 is 2.60 bits per heavy atom. The second-order valence-electron chi connectivity index (χ2n) is 4.22. The molecule has 0 unspecified atom stereocenters. The van der Waals surface area contributed by atoms with Crippen LogP contribution in [0.2, 0.25) is 0 Å². The van der Waals surface area contributed by atoms with Crippen molar-refractivity contribution < 1.29 is 0 Å². The van der Waals surface area contributed by atoms with E-state index in [-0.39, 0.29) is 0 Å². The number of hydrogen-bond donors (Lipinski definition) is 0. The average molecular weight is 200 g/mol. The maximum atomic E-state index is 4.40. The predicted molar refractivity (Wildman–Crippen MR) is 62.5 cm³/mol. The van der Waals surface area contributed by atoms with Gasteiger partial charge in [0.15, 0.2) is 0 Å². The molecule has 0 N–H and O–H groups in total. The predicted octanol–water partition coefficient (Wildman–Crippen LogP) is 3.21. The third kappa shape index (κ3) is 2.46. The highest BCUT2D eigenvalue weighted by atomic mass is 15.0. The van der Waals surface area contributed by atoms with Gasteiger partial charge in [0.1, 0.15) is 0 Å². The molecule has 0 radical (unpaired) electrons. The summed E-state index contributed by atoms with van der Waals surface area (Å²) >= 11 is 0. The molecule has 0 saturated heterocycles. The number of nitrogens with zero attached hydrogens (tertiary/aromatic N) is 2. The van der Waals surface area contributed by atoms with E-state index < -0.39 is 0 Å². The summed E-state index contributed by atoms with van der Waals surface area (Å²) in [4.78, 5) is 4.40. The monoisotopic (exact) mass is 200 g/mol. The van der Waals surface area contributed by atoms with Gasteiger partial charge in [0.2, 0.25) is 0 Å². The van der Waals surface area contributed by atoms with Crippen molar-refractivity contribution in [1.82, 2.24) is 9.55 Å². The lowest BCUT2D eigenvalue weighted by Gasteiger charge is -2.03. The molecule has 1 heterocycles. The van der Waals surface area contributed by atoms with Crippen molar-refractivity contribution in [2.75, 3.05) is 0 Å². The maximum absolute atomic E-state index is 4.40. The lowest BCUT2D eigenvalue weighted by molar-refractivity contribution is 0.523. The van der Waals surface area contributed by atoms with Crippen molar-refractivity contribution in [2.24, 2.45) is 5.92 Å². The first-order chi connectivity index (χ1) is 7.25. The Balaban J connectivity index is 2.21. The molecule has 2 aromatic rings. The Hall–Kier alpha value is -1.57. The number of aromatic nitrogens is 2. The second-order valence-corrected chi connectivity index (χ2v) is 4.22. The van der Waals surface area contributed by atoms with Crippen LogP contribution < -0.4 is 0 Å². The average Bonchev–Trinajstić information content (AvgIpc) is 2.67. The van der Waals surface area contributed by atoms with E-state index in [0.29, 0.717) is 5.92 Å². The van der Waals surface area contributed by atoms with Crippen LogP contribution in [-0.4, -0.2) is 9.55 Å². The lowest BCUT2D eigenvalue weighted by atomic mass is 10.2. The molecule has 15 heavy (non-hydrogen) atoms. The number of imidazole rings is 1. The van der Waals surface area contributed by atoms with Gasteiger partial charge in [-0.25, -0.2) is 4.98 Å². The summed E-state index contributed by atoms with van der Waals surface area (Å²) in [6.45, 7) is 5.45. The molecular weight excluding hydrogens is 184 g/mol. The molecule has 78 valence electrons. The lowest BCUT2D eigenvalue weighted by Crippen LogP contribution is -2.00. The molecule has 0 atom stereocenters. The molecule has 0 bridgehead atoms. The first-order valence-corrected chi connectivity index (χ1v) is 5.33. The molecule has 0 saturated carbocycles. The smallest absolute Gasteiger partial charge is 0.0953 e. The van der Waals surface area contributed by atoms with Gasteiger partial charge in [0.05, 0.1) is 12.0 Å². The van der Waals surface area contributed by atoms with Crippen LogP contribution in [-0.2, 0) is 6.54 Å². The second kappa shape index (κ2) is 4.30. The normalized spacial score (nSPS) is 10.9. The van der Waals surface area contributed by atoms with E-state index in [4.69, 9.17) is 0 Å². The van der Waals surface area contributed by atoms with Gasteiger partial charge < -0.3 is 4.57 Å². The van der Waals surface area contributed by atoms with E-state index >= 15 is 0 Å². The Bertz CT molecular complexity index is 415. The third-order valence-corrected chi connectivity index (χ3v) is 2.28. The maximum Gasteiger partial charge on any atom is 0.0953 e. The topological polar surface area (TPSA) is 17.8 Å². The van der Waals surface area contributed by atoms with E-state index in [2.05, 4.69) is 41.7 Å². The number of benzene rings is 1. The fourth-order valence-electron chi connectivity index (χ4n) is 1.64. The summed E-state index contributed by atoms with van der Waals surface area (Å²) in [5.41, 5.74) is 2.23. The van der Waals surface area contributed by atoms with Crippen LogP contribution >= 0.6 is 0 Å². The third-order valence-electron chi connectivity index (χ3n) is 2.28. The van der Waals surface area contributed by atoms with Crippen LogP contribution in [0.4, 0.5) is 0 Å². The molecular formula is C13H16N2. The highest BCUT2D eigenvalue weighted by molar-refractivity contribution is 5.57. The van der Waals surface area contributed by atoms with Crippen molar-refractivity contribution >= 4 is 0 Å². The molecule has 0 fully saturated rings. The van der Waals surface area contributed by atoms with Crippen molar-refractivity contribution in [2.45, 2.75) is 20.4 Å². The quantitative estimate of drug-likeness (QED) is 0.744. The fraction of sp³-hybridized carbons (Fsp3) is 0.308. The summed E-state index contributed by atoms with van der Waals surface area (Å²) < 4.78 is 2.15. The van der Waals surface area contributed by atoms with Gasteiger partial charge in [-0.1, -0.05) is 44.2 Å². The van der Waals surface area contributed by atoms with Crippen molar-refractivity contribution in [1.29, 1.82) is 0 Å². The molecule has 1 aromatic carbocycles. The van der Waals surface area contributed by atoms with Crippen LogP contribution in [0.1, 0.15) is 13.8 Å². The Morgan fingerprint density at radius 1 is 1.20 bits per heavy atom. The van der Waals surface area contributed by atoms with Gasteiger partial charge in [-0.05, 0) is 5.92 Å². The zero-order chi connectivity index (χ0) is 10.7. The van der Waals surface area contributed by atoms with Crippen LogP contribution in [0, 0.1) is 5.92 Å². The van der Waals surface area contributed by atoms with E-state index in [0.717, 1.165) is 12.2 Å². The molecule has 0 amide bonds. The van der Waals surface area contributed by atoms with Crippen LogP contribution in [0.5, 0.6) is 0 Å². The summed E-state index contributed by atoms with van der Waals surface area (Å²) in [6, 6.07) is 10.3. The molecule has 2 rings (SSSR count). The van der Waals surface area contributed by atoms with E-state index in [1.54, 1.807) is 0 Å². The standard InChI is InChI=1S/C13H16N2/c1-11(2)8-15-9-13(14-10-15)12-6-4-3-5-7-12/h3-7,9-11H,8H2,1-2H3. The van der Waals surface area contributed by atoms with Crippen molar-refractivity contribution in [3.05, 3.63) is 42.9 Å². The largest absolute Gasteiger partial charge is 0.337 e. The van der Waals surface area contributed by atoms with Gasteiger partial charge in [-0.3, -0.25) is 0 Å². The van der Waals surface area contributed by atoms with Crippen LogP contribution in [0.15, 0.2) is 42.9 Å². The minimum absolute atomic E-state index is 0.655. The van der Waals surface area contributed by atoms with Crippen LogP contribution in [0.25, 0.3) is 11.3 Å². The summed E-state index contributed by atoms with van der Waals surface area (Å²) in [7, 11) is 0. The van der Waals surface area contributed by atoms with E-state index in [1.165, 1.54) is 5.56 Å². The Labute approximate surface area is 90.6 Å². The number of hydrogen-bond acceptors (Lipinski definition) is 1. The Kier molecular flexibility index (Phi) is 2.86. The molecule has 0 aliphatic rings. The van der Waals surface area contributed by atoms with E-state index in [9.17, 15) is 0 Å². The van der Waals surface area contributed by atoms with Gasteiger partial charge in [0.25, 0.3) is 0 Å². The highest BCUT2D eigenvalue weighted by Gasteiger charge is 2.02. The first kappa shape index (κ1) is 9.97. The zero-order valence-corrected chi connectivity index (χ0v) is 9.22. The molecule has 0 aliphatic carbocycles. The Morgan fingerprint density at radius 2 is 1.93 bits per heavy atom. The van der Waals surface area contributed by atoms with Gasteiger partial charge in [-0.2, -0.15) is 0 Å². The highest BCUT2D eigenvalue weighted by Crippen LogP contribution is 2.16. The minimum atomic E-state index is 0.655.